The first-order chi connectivity index (χ1) is 11.9. The maximum absolute atomic E-state index is 13.1. The van der Waals surface area contributed by atoms with Crippen molar-refractivity contribution in [2.45, 2.75) is 18.5 Å². The molecule has 2 unspecified atom stereocenters. The number of H-pyrrole nitrogens is 1. The number of benzene rings is 2. The number of hydrogen-bond donors (Lipinski definition) is 3. The van der Waals surface area contributed by atoms with Crippen molar-refractivity contribution in [1.82, 2.24) is 4.98 Å². The van der Waals surface area contributed by atoms with Crippen LogP contribution in [0.5, 0.6) is 0 Å². The summed E-state index contributed by atoms with van der Waals surface area (Å²) in [5.74, 6) is -1.28. The van der Waals surface area contributed by atoms with Gasteiger partial charge in [0.1, 0.15) is 0 Å². The third-order valence-corrected chi connectivity index (χ3v) is 7.41. The zero-order valence-corrected chi connectivity index (χ0v) is 14.7. The molecule has 2 aromatic carbocycles. The highest BCUT2D eigenvalue weighted by molar-refractivity contribution is 7.60. The lowest BCUT2D eigenvalue weighted by Crippen LogP contribution is -2.38. The second-order valence-electron chi connectivity index (χ2n) is 6.09. The summed E-state index contributed by atoms with van der Waals surface area (Å²) in [4.78, 5) is 26.1. The van der Waals surface area contributed by atoms with Crippen molar-refractivity contribution in [3.8, 4) is 0 Å². The minimum absolute atomic E-state index is 0.0576. The van der Waals surface area contributed by atoms with Crippen LogP contribution in [0, 0.1) is 0 Å². The number of aromatic nitrogens is 1. The van der Waals surface area contributed by atoms with Gasteiger partial charge in [-0.25, -0.2) is 0 Å². The van der Waals surface area contributed by atoms with Crippen molar-refractivity contribution < 1.29 is 19.4 Å². The van der Waals surface area contributed by atoms with Gasteiger partial charge in [0.15, 0.2) is 5.16 Å². The Morgan fingerprint density at radius 3 is 2.40 bits per heavy atom. The summed E-state index contributed by atoms with van der Waals surface area (Å²) in [6.07, 6.45) is 1.55. The van der Waals surface area contributed by atoms with Gasteiger partial charge in [0.05, 0.1) is 0 Å². The second kappa shape index (κ2) is 6.51. The summed E-state index contributed by atoms with van der Waals surface area (Å²) in [6.45, 7) is 1.55. The van der Waals surface area contributed by atoms with E-state index in [1.54, 1.807) is 43.5 Å². The Morgan fingerprint density at radius 1 is 1.12 bits per heavy atom. The van der Waals surface area contributed by atoms with E-state index in [0.29, 0.717) is 11.1 Å². The Kier molecular flexibility index (Phi) is 4.55. The Balaban J connectivity index is 2.24. The molecular formula is C19H20NO4P. The molecule has 0 fully saturated rings. The number of aromatic amines is 1. The first kappa shape index (κ1) is 17.5. The van der Waals surface area contributed by atoms with E-state index >= 15 is 0 Å². The van der Waals surface area contributed by atoms with Crippen LogP contribution in [-0.2, 0) is 20.9 Å². The average Bonchev–Trinajstić information content (AvgIpc) is 3.03. The quantitative estimate of drug-likeness (QED) is 0.582. The van der Waals surface area contributed by atoms with E-state index < -0.39 is 18.5 Å². The van der Waals surface area contributed by atoms with Gasteiger partial charge in [-0.2, -0.15) is 0 Å². The minimum Gasteiger partial charge on any atom is -0.480 e. The van der Waals surface area contributed by atoms with Crippen LogP contribution in [0.15, 0.2) is 60.8 Å². The van der Waals surface area contributed by atoms with Gasteiger partial charge in [-0.15, -0.1) is 0 Å². The molecule has 5 nitrogen and oxygen atoms in total. The zero-order valence-electron chi connectivity index (χ0n) is 13.8. The highest BCUT2D eigenvalue weighted by atomic mass is 31.2. The Bertz CT molecular complexity index is 950. The van der Waals surface area contributed by atoms with E-state index in [1.165, 1.54) is 0 Å². The maximum Gasteiger partial charge on any atom is 0.324 e. The molecule has 1 aromatic heterocycles. The van der Waals surface area contributed by atoms with Gasteiger partial charge in [-0.3, -0.25) is 9.36 Å². The van der Waals surface area contributed by atoms with Gasteiger partial charge in [-0.1, -0.05) is 55.5 Å². The standard InChI is InChI=1S/C19H20NO4P/c1-2-25(23,24)19(18(21)22,15-8-4-3-5-9-15)12-14-13-20-17-11-7-6-10-16(14)17/h3-11,13,20H,2,12H2,1H3,(H,21,22)(H,23,24). The molecular weight excluding hydrogens is 337 g/mol. The molecule has 6 heteroatoms. The molecule has 0 saturated carbocycles. The number of carboxylic acids is 1. The summed E-state index contributed by atoms with van der Waals surface area (Å²) >= 11 is 0. The first-order valence-electron chi connectivity index (χ1n) is 8.08. The fraction of sp³-hybridized carbons (Fsp3) is 0.211. The van der Waals surface area contributed by atoms with E-state index in [2.05, 4.69) is 4.98 Å². The van der Waals surface area contributed by atoms with E-state index in [1.807, 2.05) is 24.3 Å². The third kappa shape index (κ3) is 2.80. The SMILES string of the molecule is CCP(=O)(O)C(Cc1c[nH]c2ccccc12)(C(=O)O)c1ccccc1. The Morgan fingerprint density at radius 2 is 1.76 bits per heavy atom. The molecule has 130 valence electrons. The fourth-order valence-electron chi connectivity index (χ4n) is 3.31. The highest BCUT2D eigenvalue weighted by Crippen LogP contribution is 2.61. The molecule has 0 aliphatic heterocycles. The summed E-state index contributed by atoms with van der Waals surface area (Å²) in [7, 11) is -4.03. The second-order valence-corrected chi connectivity index (χ2v) is 8.88. The number of nitrogens with one attached hydrogen (secondary N) is 1. The molecule has 1 heterocycles. The normalized spacial score (nSPS) is 16.2. The Labute approximate surface area is 145 Å². The van der Waals surface area contributed by atoms with Gasteiger partial charge in [0.25, 0.3) is 0 Å². The number of aliphatic carboxylic acids is 1. The summed E-state index contributed by atoms with van der Waals surface area (Å²) < 4.78 is 13.1. The van der Waals surface area contributed by atoms with Crippen LogP contribution in [0.25, 0.3) is 10.9 Å². The number of hydrogen-bond acceptors (Lipinski definition) is 2. The van der Waals surface area contributed by atoms with Gasteiger partial charge in [-0.05, 0) is 17.2 Å². The number of fused-ring (bicyclic) bond motifs is 1. The van der Waals surface area contributed by atoms with Crippen LogP contribution >= 0.6 is 7.37 Å². The van der Waals surface area contributed by atoms with Crippen LogP contribution in [0.2, 0.25) is 0 Å². The molecule has 3 aromatic rings. The van der Waals surface area contributed by atoms with Gasteiger partial charge >= 0.3 is 5.97 Å². The van der Waals surface area contributed by atoms with Crippen molar-refractivity contribution in [1.29, 1.82) is 0 Å². The van der Waals surface area contributed by atoms with E-state index in [-0.39, 0.29) is 12.6 Å². The molecule has 0 amide bonds. The molecule has 0 spiro atoms. The van der Waals surface area contributed by atoms with Crippen molar-refractivity contribution in [3.63, 3.8) is 0 Å². The predicted octanol–water partition coefficient (Wildman–Crippen LogP) is 3.98. The lowest BCUT2D eigenvalue weighted by molar-refractivity contribution is -0.140. The molecule has 2 atom stereocenters. The topological polar surface area (TPSA) is 90.4 Å². The Hall–Kier alpha value is -2.36. The lowest BCUT2D eigenvalue weighted by Gasteiger charge is -2.33. The molecule has 0 saturated heterocycles. The molecule has 0 radical (unpaired) electrons. The van der Waals surface area contributed by atoms with E-state index in [9.17, 15) is 19.4 Å². The first-order valence-corrected chi connectivity index (χ1v) is 9.92. The average molecular weight is 357 g/mol. The molecule has 3 N–H and O–H groups in total. The molecule has 0 bridgehead atoms. The largest absolute Gasteiger partial charge is 0.480 e. The van der Waals surface area contributed by atoms with E-state index in [0.717, 1.165) is 10.9 Å². The van der Waals surface area contributed by atoms with Crippen LogP contribution in [-0.4, -0.2) is 27.1 Å². The summed E-state index contributed by atoms with van der Waals surface area (Å²) in [5, 5.41) is 9.05. The highest BCUT2D eigenvalue weighted by Gasteiger charge is 2.54. The monoisotopic (exact) mass is 357 g/mol. The van der Waals surface area contributed by atoms with Crippen LogP contribution in [0.1, 0.15) is 18.1 Å². The van der Waals surface area contributed by atoms with Gasteiger partial charge in [0.2, 0.25) is 7.37 Å². The van der Waals surface area contributed by atoms with Crippen LogP contribution < -0.4 is 0 Å². The lowest BCUT2D eigenvalue weighted by atomic mass is 9.90. The van der Waals surface area contributed by atoms with Crippen LogP contribution in [0.3, 0.4) is 0 Å². The number of carbonyl (C=O) groups is 1. The minimum atomic E-state index is -4.03. The van der Waals surface area contributed by atoms with Crippen molar-refractivity contribution >= 4 is 24.2 Å². The smallest absolute Gasteiger partial charge is 0.324 e. The van der Waals surface area contributed by atoms with Crippen molar-refractivity contribution in [2.75, 3.05) is 6.16 Å². The zero-order chi connectivity index (χ0) is 18.1. The number of carboxylic acid groups (broad SMARTS) is 1. The van der Waals surface area contributed by atoms with E-state index in [4.69, 9.17) is 0 Å². The molecule has 3 rings (SSSR count). The third-order valence-electron chi connectivity index (χ3n) is 4.75. The summed E-state index contributed by atoms with van der Waals surface area (Å²) in [5.41, 5.74) is 1.93. The predicted molar refractivity (Wildman–Crippen MR) is 98.1 cm³/mol. The fourth-order valence-corrected chi connectivity index (χ4v) is 5.12. The number of para-hydroxylation sites is 1. The van der Waals surface area contributed by atoms with Gasteiger partial charge in [0, 0.05) is 29.7 Å². The maximum atomic E-state index is 13.1. The van der Waals surface area contributed by atoms with Crippen molar-refractivity contribution in [3.05, 3.63) is 71.9 Å². The summed E-state index contributed by atoms with van der Waals surface area (Å²) in [6, 6.07) is 15.9. The molecule has 0 aliphatic rings. The molecule has 0 aliphatic carbocycles. The van der Waals surface area contributed by atoms with Gasteiger partial charge < -0.3 is 15.0 Å². The molecule has 25 heavy (non-hydrogen) atoms. The van der Waals surface area contributed by atoms with Crippen LogP contribution in [0.4, 0.5) is 0 Å². The number of rotatable bonds is 6. The van der Waals surface area contributed by atoms with Crippen molar-refractivity contribution in [2.24, 2.45) is 0 Å².